The van der Waals surface area contributed by atoms with Crippen LogP contribution in [0.2, 0.25) is 0 Å². The van der Waals surface area contributed by atoms with Crippen LogP contribution in [0.4, 0.5) is 0 Å². The van der Waals surface area contributed by atoms with Crippen LogP contribution < -0.4 is 0 Å². The zero-order valence-corrected chi connectivity index (χ0v) is 9.61. The fraction of sp³-hybridized carbons (Fsp3) is 0.125. The van der Waals surface area contributed by atoms with E-state index >= 15 is 0 Å². The molecule has 0 saturated carbocycles. The second-order valence-corrected chi connectivity index (χ2v) is 4.10. The van der Waals surface area contributed by atoms with Gasteiger partial charge in [0.2, 0.25) is 0 Å². The van der Waals surface area contributed by atoms with Crippen molar-refractivity contribution in [2.24, 2.45) is 0 Å². The lowest BCUT2D eigenvalue weighted by atomic mass is 9.96. The molecule has 0 amide bonds. The Morgan fingerprint density at radius 3 is 2.25 bits per heavy atom. The maximum Gasteiger partial charge on any atom is -0.00197 e. The van der Waals surface area contributed by atoms with Gasteiger partial charge in [-0.3, -0.25) is 0 Å². The maximum absolute atomic E-state index is 4.03. The topological polar surface area (TPSA) is 0 Å². The molecule has 16 heavy (non-hydrogen) atoms. The van der Waals surface area contributed by atoms with E-state index in [4.69, 9.17) is 0 Å². The predicted molar refractivity (Wildman–Crippen MR) is 70.4 cm³/mol. The van der Waals surface area contributed by atoms with Gasteiger partial charge in [0.15, 0.2) is 0 Å². The highest BCUT2D eigenvalue weighted by atomic mass is 14.1. The van der Waals surface area contributed by atoms with Crippen LogP contribution in [-0.4, -0.2) is 0 Å². The van der Waals surface area contributed by atoms with E-state index in [-0.39, 0.29) is 0 Å². The zero-order valence-electron chi connectivity index (χ0n) is 9.61. The van der Waals surface area contributed by atoms with Gasteiger partial charge in [0, 0.05) is 0 Å². The van der Waals surface area contributed by atoms with Crippen LogP contribution in [0, 0.1) is 0 Å². The van der Waals surface area contributed by atoms with Gasteiger partial charge >= 0.3 is 0 Å². The molecule has 2 aromatic rings. The molecular weight excluding hydrogens is 192 g/mol. The van der Waals surface area contributed by atoms with E-state index in [0.717, 1.165) is 12.0 Å². The third-order valence-electron chi connectivity index (χ3n) is 2.71. The van der Waals surface area contributed by atoms with Gasteiger partial charge in [0.25, 0.3) is 0 Å². The van der Waals surface area contributed by atoms with Crippen molar-refractivity contribution in [1.82, 2.24) is 0 Å². The van der Waals surface area contributed by atoms with Gasteiger partial charge in [-0.05, 0) is 30.0 Å². The highest BCUT2D eigenvalue weighted by molar-refractivity contribution is 5.64. The Kier molecular flexibility index (Phi) is 3.21. The predicted octanol–water partition coefficient (Wildman–Crippen LogP) is 4.31. The third kappa shape index (κ3) is 2.40. The first-order valence-electron chi connectivity index (χ1n) is 5.55. The van der Waals surface area contributed by atoms with Crippen LogP contribution in [0.5, 0.6) is 0 Å². The van der Waals surface area contributed by atoms with Crippen molar-refractivity contribution >= 4 is 5.57 Å². The number of allylic oxidation sites excluding steroid dienone is 1. The monoisotopic (exact) mass is 208 g/mol. The minimum absolute atomic E-state index is 0.976. The standard InChI is InChI=1S/C16H16/c1-13(2)16-11-7-6-10-15(16)12-14-8-4-3-5-9-14/h3-11H,1,12H2,2H3. The summed E-state index contributed by atoms with van der Waals surface area (Å²) in [6.07, 6.45) is 0.976. The molecule has 0 radical (unpaired) electrons. The van der Waals surface area contributed by atoms with Crippen LogP contribution in [0.25, 0.3) is 5.57 Å². The van der Waals surface area contributed by atoms with Crippen molar-refractivity contribution in [1.29, 1.82) is 0 Å². The van der Waals surface area contributed by atoms with E-state index in [2.05, 4.69) is 62.0 Å². The van der Waals surface area contributed by atoms with E-state index < -0.39 is 0 Å². The summed E-state index contributed by atoms with van der Waals surface area (Å²) in [5, 5.41) is 0. The Morgan fingerprint density at radius 2 is 1.56 bits per heavy atom. The molecule has 2 aromatic carbocycles. The molecule has 80 valence electrons. The SMILES string of the molecule is C=C(C)c1ccccc1Cc1ccccc1. The van der Waals surface area contributed by atoms with Crippen molar-refractivity contribution in [3.63, 3.8) is 0 Å². The summed E-state index contributed by atoms with van der Waals surface area (Å²) in [5.41, 5.74) is 5.09. The first kappa shape index (κ1) is 10.7. The largest absolute Gasteiger partial charge is 0.0955 e. The maximum atomic E-state index is 4.03. The average Bonchev–Trinajstić information content (AvgIpc) is 2.31. The van der Waals surface area contributed by atoms with Gasteiger partial charge in [-0.25, -0.2) is 0 Å². The fourth-order valence-electron chi connectivity index (χ4n) is 1.91. The van der Waals surface area contributed by atoms with Crippen LogP contribution >= 0.6 is 0 Å². The molecule has 0 aliphatic carbocycles. The summed E-state index contributed by atoms with van der Waals surface area (Å²) >= 11 is 0. The van der Waals surface area contributed by atoms with Gasteiger partial charge in [0.05, 0.1) is 0 Å². The Balaban J connectivity index is 2.31. The van der Waals surface area contributed by atoms with E-state index in [1.165, 1.54) is 16.7 Å². The average molecular weight is 208 g/mol. The molecule has 0 aromatic heterocycles. The van der Waals surface area contributed by atoms with Crippen molar-refractivity contribution in [2.45, 2.75) is 13.3 Å². The van der Waals surface area contributed by atoms with E-state index in [1.807, 2.05) is 6.07 Å². The second-order valence-electron chi connectivity index (χ2n) is 4.10. The molecule has 0 saturated heterocycles. The minimum Gasteiger partial charge on any atom is -0.0955 e. The smallest absolute Gasteiger partial charge is 0.00197 e. The van der Waals surface area contributed by atoms with Gasteiger partial charge < -0.3 is 0 Å². The van der Waals surface area contributed by atoms with Gasteiger partial charge in [0.1, 0.15) is 0 Å². The molecule has 0 fully saturated rings. The Bertz CT molecular complexity index is 480. The first-order valence-corrected chi connectivity index (χ1v) is 5.55. The zero-order chi connectivity index (χ0) is 11.4. The van der Waals surface area contributed by atoms with Crippen molar-refractivity contribution < 1.29 is 0 Å². The number of rotatable bonds is 3. The minimum atomic E-state index is 0.976. The molecule has 0 atom stereocenters. The molecule has 0 bridgehead atoms. The Labute approximate surface area is 97.3 Å². The second kappa shape index (κ2) is 4.80. The summed E-state index contributed by atoms with van der Waals surface area (Å²) in [4.78, 5) is 0. The molecular formula is C16H16. The van der Waals surface area contributed by atoms with Crippen molar-refractivity contribution in [3.05, 3.63) is 77.9 Å². The quantitative estimate of drug-likeness (QED) is 0.705. The summed E-state index contributed by atoms with van der Waals surface area (Å²) in [6.45, 7) is 6.09. The Morgan fingerprint density at radius 1 is 0.938 bits per heavy atom. The van der Waals surface area contributed by atoms with E-state index in [1.54, 1.807) is 0 Å². The summed E-state index contributed by atoms with van der Waals surface area (Å²) in [7, 11) is 0. The molecule has 0 unspecified atom stereocenters. The molecule has 0 heteroatoms. The molecule has 0 N–H and O–H groups in total. The van der Waals surface area contributed by atoms with E-state index in [9.17, 15) is 0 Å². The molecule has 2 rings (SSSR count). The van der Waals surface area contributed by atoms with Crippen LogP contribution in [0.1, 0.15) is 23.6 Å². The van der Waals surface area contributed by atoms with Gasteiger partial charge in [-0.15, -0.1) is 0 Å². The van der Waals surface area contributed by atoms with E-state index in [0.29, 0.717) is 0 Å². The van der Waals surface area contributed by atoms with Crippen LogP contribution in [0.3, 0.4) is 0 Å². The third-order valence-corrected chi connectivity index (χ3v) is 2.71. The lowest BCUT2D eigenvalue weighted by molar-refractivity contribution is 1.18. The highest BCUT2D eigenvalue weighted by Gasteiger charge is 2.02. The van der Waals surface area contributed by atoms with Crippen LogP contribution in [0.15, 0.2) is 61.2 Å². The van der Waals surface area contributed by atoms with Crippen LogP contribution in [-0.2, 0) is 6.42 Å². The molecule has 0 aliphatic heterocycles. The molecule has 0 spiro atoms. The number of hydrogen-bond acceptors (Lipinski definition) is 0. The summed E-state index contributed by atoms with van der Waals surface area (Å²) < 4.78 is 0. The molecule has 0 nitrogen and oxygen atoms in total. The summed E-state index contributed by atoms with van der Waals surface area (Å²) in [5.74, 6) is 0. The lowest BCUT2D eigenvalue weighted by Crippen LogP contribution is -1.92. The van der Waals surface area contributed by atoms with Gasteiger partial charge in [-0.2, -0.15) is 0 Å². The summed E-state index contributed by atoms with van der Waals surface area (Å²) in [6, 6.07) is 19.0. The normalized spacial score (nSPS) is 10.1. The van der Waals surface area contributed by atoms with Gasteiger partial charge in [-0.1, -0.05) is 66.7 Å². The number of benzene rings is 2. The molecule has 0 aliphatic rings. The van der Waals surface area contributed by atoms with Crippen molar-refractivity contribution in [2.75, 3.05) is 0 Å². The molecule has 0 heterocycles. The fourth-order valence-corrected chi connectivity index (χ4v) is 1.91. The highest BCUT2D eigenvalue weighted by Crippen LogP contribution is 2.20. The lowest BCUT2D eigenvalue weighted by Gasteiger charge is -2.09. The number of hydrogen-bond donors (Lipinski definition) is 0. The van der Waals surface area contributed by atoms with Crippen molar-refractivity contribution in [3.8, 4) is 0 Å². The Hall–Kier alpha value is -1.82. The first-order chi connectivity index (χ1) is 7.77.